The van der Waals surface area contributed by atoms with Gasteiger partial charge in [0, 0.05) is 32.6 Å². The van der Waals surface area contributed by atoms with Gasteiger partial charge in [0.2, 0.25) is 59.1 Å². The van der Waals surface area contributed by atoms with Crippen molar-refractivity contribution in [2.45, 2.75) is 166 Å². The Morgan fingerprint density at radius 1 is 0.649 bits per heavy atom. The van der Waals surface area contributed by atoms with E-state index in [9.17, 15) is 82.8 Å². The van der Waals surface area contributed by atoms with Crippen molar-refractivity contribution < 1.29 is 87.1 Å². The number of nitrogens with zero attached hydrogens (tertiary/aromatic N) is 1. The first-order valence-corrected chi connectivity index (χ1v) is 25.0. The molecule has 27 nitrogen and oxygen atoms in total. The maximum Gasteiger partial charge on any atom is 0.305 e. The number of amides is 10. The molecule has 1 aromatic carbocycles. The van der Waals surface area contributed by atoms with E-state index >= 15 is 4.39 Å². The number of nitrogens with one attached hydrogen (secondary N) is 8. The summed E-state index contributed by atoms with van der Waals surface area (Å²) < 4.78 is 15.1. The Bertz CT molecular complexity index is 2290. The minimum absolute atomic E-state index is 0.0762. The first-order valence-electron chi connectivity index (χ1n) is 25.0. The molecule has 2 rings (SSSR count). The SMILES string of the molecule is CC[C@H](O)[C@H](NC(=O)[C@H](CCC(=O)O)NC(=O)[C@@H]1C[C@H](F)CN1C(=O)[C@H](CC(=O)O)NC(=O)[C@H](CC(C)C)NC(C)=O)C(=O)NCC(=O)N[C@@H](CCC(=O)O)C(=O)N[C@@H](Cc1ccccc1)C(=O)N[C@@H](CC(C)C)C(N)=O. The summed E-state index contributed by atoms with van der Waals surface area (Å²) in [6.45, 7) is 7.82. The van der Waals surface area contributed by atoms with Crippen LogP contribution in [-0.2, 0) is 68.7 Å². The van der Waals surface area contributed by atoms with Gasteiger partial charge in [-0.2, -0.15) is 0 Å². The lowest BCUT2D eigenvalue weighted by Crippen LogP contribution is -2.60. The van der Waals surface area contributed by atoms with Crippen LogP contribution in [0.4, 0.5) is 4.39 Å². The number of hydrogen-bond donors (Lipinski definition) is 13. The quantitative estimate of drug-likeness (QED) is 0.0339. The van der Waals surface area contributed by atoms with Crippen molar-refractivity contribution in [1.82, 2.24) is 47.4 Å². The molecule has 0 unspecified atom stereocenters. The van der Waals surface area contributed by atoms with Gasteiger partial charge in [0.05, 0.1) is 25.6 Å². The summed E-state index contributed by atoms with van der Waals surface area (Å²) in [4.78, 5) is 169. The summed E-state index contributed by atoms with van der Waals surface area (Å²) in [5, 5.41) is 58.0. The highest BCUT2D eigenvalue weighted by Crippen LogP contribution is 2.23. The number of primary amides is 1. The second-order valence-corrected chi connectivity index (χ2v) is 19.5. The maximum atomic E-state index is 15.1. The number of carboxylic acid groups (broad SMARTS) is 3. The molecule has 10 amide bonds. The van der Waals surface area contributed by atoms with Crippen LogP contribution in [0.5, 0.6) is 0 Å². The number of rotatable bonds is 33. The number of aliphatic hydroxyl groups is 1. The Morgan fingerprint density at radius 3 is 1.68 bits per heavy atom. The molecule has 1 heterocycles. The van der Waals surface area contributed by atoms with E-state index in [0.29, 0.717) is 10.5 Å². The Hall–Kier alpha value is -7.78. The second kappa shape index (κ2) is 32.0. The summed E-state index contributed by atoms with van der Waals surface area (Å²) in [6, 6.07) is -4.43. The van der Waals surface area contributed by atoms with Crippen LogP contribution in [-0.4, -0.2) is 176 Å². The Labute approximate surface area is 443 Å². The molecule has 10 atom stereocenters. The highest BCUT2D eigenvalue weighted by molar-refractivity contribution is 5.99. The zero-order valence-electron chi connectivity index (χ0n) is 43.8. The summed E-state index contributed by atoms with van der Waals surface area (Å²) in [5.74, 6) is -14.9. The minimum atomic E-state index is -1.93. The van der Waals surface area contributed by atoms with Gasteiger partial charge in [0.15, 0.2) is 0 Å². The van der Waals surface area contributed by atoms with E-state index in [4.69, 9.17) is 5.73 Å². The number of benzene rings is 1. The number of aliphatic carboxylic acids is 3. The fourth-order valence-electron chi connectivity index (χ4n) is 8.08. The van der Waals surface area contributed by atoms with Crippen LogP contribution in [0, 0.1) is 11.8 Å². The molecule has 0 aromatic heterocycles. The maximum absolute atomic E-state index is 15.1. The lowest BCUT2D eigenvalue weighted by Gasteiger charge is -2.30. The average Bonchev–Trinajstić information content (AvgIpc) is 3.74. The number of carbonyl (C=O) groups is 13. The molecule has 0 bridgehead atoms. The van der Waals surface area contributed by atoms with E-state index in [1.807, 2.05) is 0 Å². The number of halogens is 1. The molecule has 28 heteroatoms. The minimum Gasteiger partial charge on any atom is -0.481 e. The van der Waals surface area contributed by atoms with Gasteiger partial charge < -0.3 is 73.6 Å². The Morgan fingerprint density at radius 2 is 1.16 bits per heavy atom. The van der Waals surface area contributed by atoms with E-state index in [-0.39, 0.29) is 37.5 Å². The van der Waals surface area contributed by atoms with Crippen LogP contribution in [0.3, 0.4) is 0 Å². The van der Waals surface area contributed by atoms with Crippen molar-refractivity contribution in [3.8, 4) is 0 Å². The van der Waals surface area contributed by atoms with E-state index in [1.165, 1.54) is 6.92 Å². The molecular weight excluding hydrogens is 1020 g/mol. The van der Waals surface area contributed by atoms with Gasteiger partial charge >= 0.3 is 17.9 Å². The van der Waals surface area contributed by atoms with Crippen molar-refractivity contribution in [3.05, 3.63) is 35.9 Å². The van der Waals surface area contributed by atoms with Crippen molar-refractivity contribution in [3.63, 3.8) is 0 Å². The fraction of sp³-hybridized carbons (Fsp3) is 0.612. The first kappa shape index (κ1) is 65.3. The largest absolute Gasteiger partial charge is 0.481 e. The normalized spacial score (nSPS) is 17.1. The Kier molecular flexibility index (Phi) is 27.1. The van der Waals surface area contributed by atoms with Crippen molar-refractivity contribution in [2.24, 2.45) is 17.6 Å². The lowest BCUT2D eigenvalue weighted by molar-refractivity contribution is -0.146. The van der Waals surface area contributed by atoms with Crippen LogP contribution in [0.15, 0.2) is 30.3 Å². The molecule has 0 aliphatic carbocycles. The fourth-order valence-corrected chi connectivity index (χ4v) is 8.08. The van der Waals surface area contributed by atoms with Crippen molar-refractivity contribution in [2.75, 3.05) is 13.1 Å². The summed E-state index contributed by atoms with van der Waals surface area (Å²) in [5.41, 5.74) is 6.09. The highest BCUT2D eigenvalue weighted by atomic mass is 19.1. The van der Waals surface area contributed by atoms with Crippen LogP contribution in [0.2, 0.25) is 0 Å². The average molecular weight is 1090 g/mol. The predicted octanol–water partition coefficient (Wildman–Crippen LogP) is -2.75. The number of nitrogens with two attached hydrogens (primary N) is 1. The number of carbonyl (C=O) groups excluding carboxylic acids is 10. The van der Waals surface area contributed by atoms with Crippen LogP contribution < -0.4 is 48.3 Å². The molecular formula is C49H73FN10O17. The van der Waals surface area contributed by atoms with Gasteiger partial charge in [-0.25, -0.2) is 4.39 Å². The van der Waals surface area contributed by atoms with Gasteiger partial charge in [0.25, 0.3) is 0 Å². The molecule has 428 valence electrons. The number of carboxylic acids is 3. The molecule has 0 radical (unpaired) electrons. The van der Waals surface area contributed by atoms with E-state index in [2.05, 4.69) is 42.5 Å². The summed E-state index contributed by atoms with van der Waals surface area (Å²) in [7, 11) is 0. The topological polar surface area (TPSA) is 428 Å². The third kappa shape index (κ3) is 23.3. The summed E-state index contributed by atoms with van der Waals surface area (Å²) in [6.07, 6.45) is -8.09. The molecule has 1 fully saturated rings. The monoisotopic (exact) mass is 1090 g/mol. The third-order valence-electron chi connectivity index (χ3n) is 11.9. The highest BCUT2D eigenvalue weighted by Gasteiger charge is 2.44. The molecule has 14 N–H and O–H groups in total. The zero-order valence-corrected chi connectivity index (χ0v) is 43.8. The molecule has 1 aliphatic heterocycles. The van der Waals surface area contributed by atoms with Crippen LogP contribution in [0.25, 0.3) is 0 Å². The molecule has 1 aliphatic rings. The number of hydrogen-bond acceptors (Lipinski definition) is 14. The number of aliphatic hydroxyl groups excluding tert-OH is 1. The van der Waals surface area contributed by atoms with Gasteiger partial charge in [0.1, 0.15) is 54.5 Å². The van der Waals surface area contributed by atoms with Gasteiger partial charge in [-0.05, 0) is 49.5 Å². The molecule has 1 aromatic rings. The predicted molar refractivity (Wildman–Crippen MR) is 268 cm³/mol. The van der Waals surface area contributed by atoms with Crippen LogP contribution in [0.1, 0.15) is 105 Å². The number of likely N-dealkylation sites (tertiary alicyclic amines) is 1. The second-order valence-electron chi connectivity index (χ2n) is 19.5. The Balaban J connectivity index is 2.33. The molecule has 0 saturated carbocycles. The van der Waals surface area contributed by atoms with E-state index in [0.717, 1.165) is 6.92 Å². The van der Waals surface area contributed by atoms with Crippen molar-refractivity contribution in [1.29, 1.82) is 0 Å². The van der Waals surface area contributed by atoms with Gasteiger partial charge in [-0.3, -0.25) is 62.3 Å². The third-order valence-corrected chi connectivity index (χ3v) is 11.9. The summed E-state index contributed by atoms with van der Waals surface area (Å²) >= 11 is 0. The molecule has 1 saturated heterocycles. The van der Waals surface area contributed by atoms with Gasteiger partial charge in [-0.15, -0.1) is 0 Å². The van der Waals surface area contributed by atoms with E-state index < -0.39 is 189 Å². The van der Waals surface area contributed by atoms with Gasteiger partial charge in [-0.1, -0.05) is 65.0 Å². The zero-order chi connectivity index (χ0) is 58.3. The van der Waals surface area contributed by atoms with Crippen molar-refractivity contribution >= 4 is 77.0 Å². The molecule has 77 heavy (non-hydrogen) atoms. The number of alkyl halides is 1. The lowest BCUT2D eigenvalue weighted by atomic mass is 10.0. The first-order chi connectivity index (χ1) is 36.0. The standard InChI is InChI=1S/C49H73FN10O17/c1-7-36(62)41(48(76)52-22-37(63)54-29(13-15-38(64)65)43(71)57-33(19-27-11-9-8-10-12-27)46(74)56-31(42(51)70)17-24(2)3)59-44(72)30(14-16-39(66)67)55-47(75)35-20-28(50)23-60(35)49(77)34(21-40(68)69)58-45(73)32(18-25(4)5)53-26(6)61/h8-12,24-25,28-36,41,62H,7,13-23H2,1-6H3,(H2,51,70)(H,52,76)(H,53,61)(H,54,63)(H,55,75)(H,56,74)(H,57,71)(H,58,73)(H,59,72)(H,64,65)(H,66,67)(H,68,69)/t28-,29-,30-,31-,32-,33-,34-,35-,36-,41-/m0/s1. The van der Waals surface area contributed by atoms with E-state index in [1.54, 1.807) is 58.0 Å². The molecule has 0 spiro atoms. The smallest absolute Gasteiger partial charge is 0.305 e. The van der Waals surface area contributed by atoms with Crippen LogP contribution >= 0.6 is 0 Å².